The number of hydrogen-bond donors (Lipinski definition) is 4. The molecule has 3 heterocycles. The molecular weight excluding hydrogens is 478 g/mol. The lowest BCUT2D eigenvalue weighted by Crippen LogP contribution is -2.45. The number of nitrogens with one attached hydrogen (secondary N) is 3. The number of anilines is 2. The van der Waals surface area contributed by atoms with Crippen molar-refractivity contribution in [1.82, 2.24) is 15.0 Å². The van der Waals surface area contributed by atoms with Gasteiger partial charge in [0.15, 0.2) is 0 Å². The Morgan fingerprint density at radius 2 is 2.00 bits per heavy atom. The number of nitrogens with zero attached hydrogens (tertiary/aromatic N) is 2. The third-order valence-electron chi connectivity index (χ3n) is 6.46. The Labute approximate surface area is 214 Å². The van der Waals surface area contributed by atoms with E-state index in [1.165, 1.54) is 0 Å². The Morgan fingerprint density at radius 1 is 1.22 bits per heavy atom. The summed E-state index contributed by atoms with van der Waals surface area (Å²) in [6.07, 6.45) is 1.09. The van der Waals surface area contributed by atoms with Crippen molar-refractivity contribution in [3.8, 4) is 11.4 Å². The first-order chi connectivity index (χ1) is 17.3. The van der Waals surface area contributed by atoms with Gasteiger partial charge in [0.1, 0.15) is 11.4 Å². The van der Waals surface area contributed by atoms with Crippen molar-refractivity contribution in [3.05, 3.63) is 75.2 Å². The van der Waals surface area contributed by atoms with Crippen LogP contribution < -0.4 is 15.8 Å². The molecule has 4 N–H and O–H groups in total. The average molecular weight is 508 g/mol. The molecule has 4 aromatic rings. The largest absolute Gasteiger partial charge is 0.387 e. The Bertz CT molecular complexity index is 1440. The highest BCUT2D eigenvalue weighted by atomic mass is 35.5. The van der Waals surface area contributed by atoms with Crippen LogP contribution in [0, 0.1) is 6.92 Å². The number of aliphatic hydroxyl groups is 1. The number of H-pyrrole nitrogens is 2. The van der Waals surface area contributed by atoms with Crippen molar-refractivity contribution < 1.29 is 9.84 Å². The highest BCUT2D eigenvalue weighted by Crippen LogP contribution is 2.30. The molecule has 36 heavy (non-hydrogen) atoms. The predicted molar refractivity (Wildman–Crippen MR) is 144 cm³/mol. The van der Waals surface area contributed by atoms with Gasteiger partial charge in [-0.1, -0.05) is 23.7 Å². The number of imidazole rings is 1. The number of aryl methyl sites for hydroxylation is 1. The van der Waals surface area contributed by atoms with Gasteiger partial charge in [-0.05, 0) is 62.2 Å². The van der Waals surface area contributed by atoms with E-state index in [1.807, 2.05) is 13.0 Å². The zero-order chi connectivity index (χ0) is 25.4. The summed E-state index contributed by atoms with van der Waals surface area (Å²) in [5, 5.41) is 14.4. The molecule has 1 saturated heterocycles. The first-order valence-corrected chi connectivity index (χ1v) is 12.5. The molecule has 3 atom stereocenters. The second-order valence-corrected chi connectivity index (χ2v) is 9.89. The van der Waals surface area contributed by atoms with Crippen molar-refractivity contribution in [2.24, 2.45) is 0 Å². The van der Waals surface area contributed by atoms with Crippen LogP contribution in [-0.4, -0.2) is 51.9 Å². The van der Waals surface area contributed by atoms with E-state index in [2.05, 4.69) is 46.2 Å². The Hall–Kier alpha value is -3.33. The van der Waals surface area contributed by atoms with Gasteiger partial charge in [-0.2, -0.15) is 0 Å². The first-order valence-electron chi connectivity index (χ1n) is 12.1. The number of pyridine rings is 1. The molecule has 9 heteroatoms. The Morgan fingerprint density at radius 3 is 2.75 bits per heavy atom. The van der Waals surface area contributed by atoms with Crippen LogP contribution in [0.3, 0.4) is 0 Å². The number of aliphatic hydroxyl groups excluding tert-OH is 1. The molecular formula is C27H30ClN5O3. The van der Waals surface area contributed by atoms with Gasteiger partial charge in [0.25, 0.3) is 5.56 Å². The Balaban J connectivity index is 1.45. The zero-order valence-corrected chi connectivity index (χ0v) is 21.3. The van der Waals surface area contributed by atoms with E-state index in [4.69, 9.17) is 21.3 Å². The van der Waals surface area contributed by atoms with Crippen molar-refractivity contribution >= 4 is 34.0 Å². The summed E-state index contributed by atoms with van der Waals surface area (Å²) in [4.78, 5) is 26.1. The second-order valence-electron chi connectivity index (χ2n) is 9.45. The summed E-state index contributed by atoms with van der Waals surface area (Å²) < 4.78 is 5.89. The van der Waals surface area contributed by atoms with Crippen LogP contribution in [0.4, 0.5) is 11.4 Å². The second kappa shape index (κ2) is 9.97. The van der Waals surface area contributed by atoms with Gasteiger partial charge < -0.3 is 30.0 Å². The molecule has 0 amide bonds. The van der Waals surface area contributed by atoms with Crippen molar-refractivity contribution in [1.29, 1.82) is 0 Å². The van der Waals surface area contributed by atoms with E-state index >= 15 is 0 Å². The van der Waals surface area contributed by atoms with Gasteiger partial charge in [0.05, 0.1) is 35.0 Å². The van der Waals surface area contributed by atoms with Crippen LogP contribution in [0.2, 0.25) is 5.02 Å². The molecule has 1 fully saturated rings. The minimum Gasteiger partial charge on any atom is -0.387 e. The van der Waals surface area contributed by atoms with Gasteiger partial charge in [0, 0.05) is 36.5 Å². The van der Waals surface area contributed by atoms with E-state index in [9.17, 15) is 9.90 Å². The van der Waals surface area contributed by atoms with Gasteiger partial charge in [0.2, 0.25) is 0 Å². The average Bonchev–Trinajstić information content (AvgIpc) is 3.26. The maximum Gasteiger partial charge on any atom is 0.261 e. The number of hydrogen-bond acceptors (Lipinski definition) is 6. The molecule has 1 aliphatic rings. The molecule has 0 saturated carbocycles. The lowest BCUT2D eigenvalue weighted by Gasteiger charge is -2.37. The highest BCUT2D eigenvalue weighted by Gasteiger charge is 2.24. The topological polar surface area (TPSA) is 106 Å². The smallest absolute Gasteiger partial charge is 0.261 e. The fourth-order valence-electron chi connectivity index (χ4n) is 4.86. The number of ether oxygens (including phenoxy) is 1. The quantitative estimate of drug-likeness (QED) is 0.303. The lowest BCUT2D eigenvalue weighted by atomic mass is 10.1. The number of halogens is 1. The molecule has 2 aromatic heterocycles. The fourth-order valence-corrected chi connectivity index (χ4v) is 5.06. The number of fused-ring (bicyclic) bond motifs is 1. The molecule has 0 bridgehead atoms. The molecule has 0 aliphatic carbocycles. The van der Waals surface area contributed by atoms with Gasteiger partial charge in [-0.25, -0.2) is 4.98 Å². The van der Waals surface area contributed by atoms with E-state index in [-0.39, 0.29) is 24.3 Å². The fraction of sp³-hybridized carbons (Fsp3) is 0.333. The number of aromatic nitrogens is 3. The van der Waals surface area contributed by atoms with E-state index in [0.717, 1.165) is 35.4 Å². The number of rotatable bonds is 6. The van der Waals surface area contributed by atoms with Crippen LogP contribution in [0.15, 0.2) is 53.5 Å². The van der Waals surface area contributed by atoms with Crippen molar-refractivity contribution in [2.45, 2.75) is 39.1 Å². The molecule has 1 aliphatic heterocycles. The molecule has 2 aromatic carbocycles. The highest BCUT2D eigenvalue weighted by molar-refractivity contribution is 6.30. The Kier molecular flexibility index (Phi) is 6.75. The minimum absolute atomic E-state index is 0.154. The summed E-state index contributed by atoms with van der Waals surface area (Å²) in [7, 11) is 0. The van der Waals surface area contributed by atoms with E-state index in [0.29, 0.717) is 27.7 Å². The van der Waals surface area contributed by atoms with E-state index < -0.39 is 6.10 Å². The van der Waals surface area contributed by atoms with Crippen LogP contribution in [0.5, 0.6) is 0 Å². The normalized spacial score (nSPS) is 19.0. The molecule has 5 rings (SSSR count). The van der Waals surface area contributed by atoms with Gasteiger partial charge >= 0.3 is 0 Å². The van der Waals surface area contributed by atoms with E-state index in [1.54, 1.807) is 30.5 Å². The summed E-state index contributed by atoms with van der Waals surface area (Å²) in [5.41, 5.74) is 5.19. The predicted octanol–water partition coefficient (Wildman–Crippen LogP) is 4.64. The van der Waals surface area contributed by atoms with Crippen LogP contribution in [-0.2, 0) is 4.74 Å². The minimum atomic E-state index is -0.797. The number of aromatic amines is 2. The number of morpholine rings is 1. The van der Waals surface area contributed by atoms with Gasteiger partial charge in [-0.15, -0.1) is 0 Å². The maximum atomic E-state index is 12.9. The monoisotopic (exact) mass is 507 g/mol. The van der Waals surface area contributed by atoms with Crippen molar-refractivity contribution in [3.63, 3.8) is 0 Å². The first kappa shape index (κ1) is 24.4. The SMILES string of the molecule is Cc1cc(N2C[C@@H](C)O[C@@H](C)C2)cc2[nH]c(-c3c(NC[C@@H](O)c4cccc(Cl)c4)cc[nH]c3=O)nc12. The summed E-state index contributed by atoms with van der Waals surface area (Å²) in [6.45, 7) is 8.03. The molecule has 8 nitrogen and oxygen atoms in total. The van der Waals surface area contributed by atoms with Crippen LogP contribution >= 0.6 is 11.6 Å². The third kappa shape index (κ3) is 4.97. The van der Waals surface area contributed by atoms with Crippen LogP contribution in [0.1, 0.15) is 31.1 Å². The molecule has 0 unspecified atom stereocenters. The molecule has 0 spiro atoms. The maximum absolute atomic E-state index is 12.9. The molecule has 0 radical (unpaired) electrons. The van der Waals surface area contributed by atoms with Gasteiger partial charge in [-0.3, -0.25) is 4.79 Å². The summed E-state index contributed by atoms with van der Waals surface area (Å²) >= 11 is 6.06. The molecule has 188 valence electrons. The lowest BCUT2D eigenvalue weighted by molar-refractivity contribution is -0.00521. The zero-order valence-electron chi connectivity index (χ0n) is 20.5. The number of benzene rings is 2. The third-order valence-corrected chi connectivity index (χ3v) is 6.70. The summed E-state index contributed by atoms with van der Waals surface area (Å²) in [6, 6.07) is 13.1. The standard InChI is InChI=1S/C27H30ClN5O3/c1-15-9-20(33-13-16(2)36-17(3)14-33)11-22-25(15)32-26(31-22)24-21(7-8-29-27(24)35)30-12-23(34)18-5-4-6-19(28)10-18/h4-11,16-17,23,34H,12-14H2,1-3H3,(H,31,32)(H2,29,30,35)/t16-,17+,23-/m1/s1. The van der Waals surface area contributed by atoms with Crippen molar-refractivity contribution in [2.75, 3.05) is 29.9 Å². The summed E-state index contributed by atoms with van der Waals surface area (Å²) in [5.74, 6) is 0.468. The van der Waals surface area contributed by atoms with Crippen LogP contribution in [0.25, 0.3) is 22.4 Å².